The van der Waals surface area contributed by atoms with E-state index in [0.29, 0.717) is 6.54 Å². The maximum Gasteiger partial charge on any atom is 0.141 e. The molecule has 2 aromatic rings. The molecule has 0 unspecified atom stereocenters. The average Bonchev–Trinajstić information content (AvgIpc) is 3.06. The molecule has 0 saturated heterocycles. The van der Waals surface area contributed by atoms with E-state index in [1.54, 1.807) is 12.4 Å². The maximum absolute atomic E-state index is 6.50. The van der Waals surface area contributed by atoms with Gasteiger partial charge < -0.3 is 5.73 Å². The van der Waals surface area contributed by atoms with Gasteiger partial charge in [0.1, 0.15) is 5.84 Å². The van der Waals surface area contributed by atoms with E-state index < -0.39 is 0 Å². The van der Waals surface area contributed by atoms with Crippen LogP contribution in [-0.2, 0) is 5.54 Å². The normalized spacial score (nSPS) is 20.9. The van der Waals surface area contributed by atoms with Gasteiger partial charge in [-0.1, -0.05) is 18.2 Å². The number of nitrogens with two attached hydrogens (primary N) is 1. The van der Waals surface area contributed by atoms with Crippen LogP contribution < -0.4 is 10.6 Å². The lowest BCUT2D eigenvalue weighted by Crippen LogP contribution is -2.43. The van der Waals surface area contributed by atoms with Gasteiger partial charge in [-0.3, -0.25) is 19.9 Å². The van der Waals surface area contributed by atoms with Crippen molar-refractivity contribution in [3.8, 4) is 0 Å². The Morgan fingerprint density at radius 2 is 2.00 bits per heavy atom. The molecule has 4 rings (SSSR count). The third-order valence-corrected chi connectivity index (χ3v) is 5.41. The van der Waals surface area contributed by atoms with Crippen molar-refractivity contribution in [3.05, 3.63) is 77.8 Å². The number of amidine groups is 1. The van der Waals surface area contributed by atoms with Crippen molar-refractivity contribution in [1.82, 2.24) is 4.98 Å². The van der Waals surface area contributed by atoms with Gasteiger partial charge in [-0.05, 0) is 68.8 Å². The molecule has 1 fully saturated rings. The van der Waals surface area contributed by atoms with Crippen molar-refractivity contribution in [2.24, 2.45) is 15.7 Å². The summed E-state index contributed by atoms with van der Waals surface area (Å²) in [5.41, 5.74) is 11.3. The van der Waals surface area contributed by atoms with Crippen LogP contribution in [0.15, 0.2) is 76.5 Å². The fourth-order valence-corrected chi connectivity index (χ4v) is 3.78. The predicted octanol–water partition coefficient (Wildman–Crippen LogP) is 4.28. The minimum Gasteiger partial charge on any atom is -0.321 e. The number of hydrogen-bond donors (Lipinski definition) is 1. The molecular formula is C23H25N5. The van der Waals surface area contributed by atoms with Crippen LogP contribution in [0.1, 0.15) is 37.4 Å². The van der Waals surface area contributed by atoms with E-state index in [9.17, 15) is 0 Å². The molecule has 142 valence electrons. The lowest BCUT2D eigenvalue weighted by molar-refractivity contribution is 0.253. The van der Waals surface area contributed by atoms with Gasteiger partial charge in [0, 0.05) is 35.7 Å². The highest BCUT2D eigenvalue weighted by Crippen LogP contribution is 2.40. The molecule has 0 amide bonds. The summed E-state index contributed by atoms with van der Waals surface area (Å²) in [5, 5.41) is 0. The van der Waals surface area contributed by atoms with Gasteiger partial charge in [-0.15, -0.1) is 0 Å². The number of aliphatic imine (C=N–C) groups is 2. The first-order valence-corrected chi connectivity index (χ1v) is 9.70. The number of aromatic nitrogens is 1. The topological polar surface area (TPSA) is 66.9 Å². The van der Waals surface area contributed by atoms with Gasteiger partial charge >= 0.3 is 0 Å². The first kappa shape index (κ1) is 18.3. The second-order valence-electron chi connectivity index (χ2n) is 7.20. The Morgan fingerprint density at radius 3 is 2.57 bits per heavy atom. The first-order chi connectivity index (χ1) is 13.7. The molecule has 0 bridgehead atoms. The lowest BCUT2D eigenvalue weighted by atomic mass is 9.73. The Labute approximate surface area is 166 Å². The highest BCUT2D eigenvalue weighted by molar-refractivity contribution is 6.23. The van der Waals surface area contributed by atoms with Gasteiger partial charge in [-0.2, -0.15) is 0 Å². The second-order valence-corrected chi connectivity index (χ2v) is 7.20. The minimum absolute atomic E-state index is 0.165. The van der Waals surface area contributed by atoms with Crippen molar-refractivity contribution in [1.29, 1.82) is 0 Å². The molecule has 0 spiro atoms. The summed E-state index contributed by atoms with van der Waals surface area (Å²) in [7, 11) is 0. The number of rotatable bonds is 5. The van der Waals surface area contributed by atoms with Crippen LogP contribution in [0.4, 0.5) is 5.69 Å². The minimum atomic E-state index is -0.165. The van der Waals surface area contributed by atoms with E-state index in [0.717, 1.165) is 41.3 Å². The van der Waals surface area contributed by atoms with E-state index in [1.165, 1.54) is 12.0 Å². The number of benzene rings is 1. The standard InChI is InChI=1S/C23H25N5/c1-3-26-22-17(16-25-2)15-21(20-7-4-5-14-27-20)28(22)19-10-8-18(9-11-19)23(24)12-6-13-23/h4-5,7-11,14-16H,2-3,6,12-13,24H2,1H3/b17-16-,26-22?. The number of hydrogen-bond acceptors (Lipinski definition) is 4. The van der Waals surface area contributed by atoms with Crippen LogP contribution in [0.5, 0.6) is 0 Å². The lowest BCUT2D eigenvalue weighted by Gasteiger charge is -2.38. The fraction of sp³-hybridized carbons (Fsp3) is 0.261. The zero-order chi connectivity index (χ0) is 19.6. The highest BCUT2D eigenvalue weighted by atomic mass is 15.2. The third-order valence-electron chi connectivity index (χ3n) is 5.41. The van der Waals surface area contributed by atoms with Crippen LogP contribution in [0.3, 0.4) is 0 Å². The Morgan fingerprint density at radius 1 is 1.21 bits per heavy atom. The highest BCUT2D eigenvalue weighted by Gasteiger charge is 2.35. The zero-order valence-corrected chi connectivity index (χ0v) is 16.2. The van der Waals surface area contributed by atoms with Gasteiger partial charge in [0.25, 0.3) is 0 Å². The van der Waals surface area contributed by atoms with Gasteiger partial charge in [-0.25, -0.2) is 0 Å². The summed E-state index contributed by atoms with van der Waals surface area (Å²) >= 11 is 0. The summed E-state index contributed by atoms with van der Waals surface area (Å²) < 4.78 is 0. The van der Waals surface area contributed by atoms with E-state index in [2.05, 4.69) is 51.9 Å². The molecular weight excluding hydrogens is 346 g/mol. The van der Waals surface area contributed by atoms with Crippen molar-refractivity contribution < 1.29 is 0 Å². The van der Waals surface area contributed by atoms with E-state index >= 15 is 0 Å². The van der Waals surface area contributed by atoms with Gasteiger partial charge in [0.15, 0.2) is 0 Å². The van der Waals surface area contributed by atoms with E-state index in [4.69, 9.17) is 10.7 Å². The van der Waals surface area contributed by atoms with Crippen LogP contribution in [0.2, 0.25) is 0 Å². The second kappa shape index (κ2) is 7.52. The van der Waals surface area contributed by atoms with E-state index in [-0.39, 0.29) is 5.54 Å². The quantitative estimate of drug-likeness (QED) is 0.798. The number of anilines is 1. The van der Waals surface area contributed by atoms with Crippen molar-refractivity contribution in [3.63, 3.8) is 0 Å². The predicted molar refractivity (Wildman–Crippen MR) is 116 cm³/mol. The Balaban J connectivity index is 1.78. The first-order valence-electron chi connectivity index (χ1n) is 9.70. The largest absolute Gasteiger partial charge is 0.321 e. The van der Waals surface area contributed by atoms with Crippen LogP contribution in [-0.4, -0.2) is 24.1 Å². The summed E-state index contributed by atoms with van der Waals surface area (Å²) in [5.74, 6) is 0.856. The van der Waals surface area contributed by atoms with Crippen molar-refractivity contribution >= 4 is 23.9 Å². The smallest absolute Gasteiger partial charge is 0.141 e. The molecule has 0 atom stereocenters. The van der Waals surface area contributed by atoms with Gasteiger partial charge in [0.2, 0.25) is 0 Å². The molecule has 1 saturated carbocycles. The molecule has 1 aliphatic carbocycles. The monoisotopic (exact) mass is 371 g/mol. The zero-order valence-electron chi connectivity index (χ0n) is 16.2. The number of pyridine rings is 1. The summed E-state index contributed by atoms with van der Waals surface area (Å²) in [4.78, 5) is 15.4. The molecule has 2 N–H and O–H groups in total. The van der Waals surface area contributed by atoms with Crippen LogP contribution >= 0.6 is 0 Å². The fourth-order valence-electron chi connectivity index (χ4n) is 3.78. The maximum atomic E-state index is 6.50. The Kier molecular flexibility index (Phi) is 4.92. The summed E-state index contributed by atoms with van der Waals surface area (Å²) in [6.45, 7) is 6.31. The molecule has 1 aromatic carbocycles. The van der Waals surface area contributed by atoms with E-state index in [1.807, 2.05) is 25.1 Å². The van der Waals surface area contributed by atoms with Crippen molar-refractivity contribution in [2.45, 2.75) is 31.7 Å². The summed E-state index contributed by atoms with van der Waals surface area (Å²) in [6.07, 6.45) is 8.92. The molecule has 5 nitrogen and oxygen atoms in total. The molecule has 5 heteroatoms. The van der Waals surface area contributed by atoms with Crippen LogP contribution in [0.25, 0.3) is 5.70 Å². The molecule has 2 heterocycles. The Bertz CT molecular complexity index is 950. The Hall–Kier alpha value is -3.05. The summed E-state index contributed by atoms with van der Waals surface area (Å²) in [6, 6.07) is 14.4. The number of nitrogens with zero attached hydrogens (tertiary/aromatic N) is 4. The third kappa shape index (κ3) is 3.18. The van der Waals surface area contributed by atoms with Gasteiger partial charge in [0.05, 0.1) is 11.4 Å². The molecule has 2 aliphatic rings. The molecule has 1 aromatic heterocycles. The van der Waals surface area contributed by atoms with Crippen molar-refractivity contribution in [2.75, 3.05) is 11.4 Å². The average molecular weight is 371 g/mol. The molecule has 28 heavy (non-hydrogen) atoms. The molecule has 1 aliphatic heterocycles. The SMILES string of the molecule is C=N/C=C1/C=C(c2ccccn2)N(c2ccc(C3(N)CCC3)cc2)C1=NCC. The van der Waals surface area contributed by atoms with Crippen LogP contribution in [0, 0.1) is 0 Å². The molecule has 0 radical (unpaired) electrons.